The van der Waals surface area contributed by atoms with Crippen LogP contribution in [0.25, 0.3) is 5.52 Å². The normalized spacial score (nSPS) is 12.4. The van der Waals surface area contributed by atoms with Gasteiger partial charge in [-0.25, -0.2) is 0 Å². The van der Waals surface area contributed by atoms with E-state index in [0.717, 1.165) is 6.42 Å². The minimum Gasteiger partial charge on any atom is -0.324 e. The van der Waals surface area contributed by atoms with Crippen molar-refractivity contribution < 1.29 is 0 Å². The second kappa shape index (κ2) is 5.92. The summed E-state index contributed by atoms with van der Waals surface area (Å²) in [4.78, 5) is 0. The van der Waals surface area contributed by atoms with Crippen molar-refractivity contribution in [2.24, 2.45) is 0 Å². The molecule has 1 unspecified atom stereocenters. The first-order valence-corrected chi connectivity index (χ1v) is 5.57. The Labute approximate surface area is 103 Å². The fraction of sp³-hybridized carbons (Fsp3) is 0.385. The van der Waals surface area contributed by atoms with Crippen LogP contribution in [0.1, 0.15) is 18.9 Å². The molecule has 0 aliphatic carbocycles. The largest absolute Gasteiger partial charge is 0.324 e. The molecule has 2 aromatic rings. The van der Waals surface area contributed by atoms with Crippen LogP contribution in [0.15, 0.2) is 36.7 Å². The lowest BCUT2D eigenvalue weighted by atomic mass is 10.1. The highest BCUT2D eigenvalue weighted by Crippen LogP contribution is 2.15. The van der Waals surface area contributed by atoms with E-state index in [2.05, 4.69) is 53.3 Å². The van der Waals surface area contributed by atoms with Gasteiger partial charge in [-0.3, -0.25) is 0 Å². The summed E-state index contributed by atoms with van der Waals surface area (Å²) >= 11 is 0. The summed E-state index contributed by atoms with van der Waals surface area (Å²) < 4.78 is 2.18. The van der Waals surface area contributed by atoms with E-state index in [1.165, 1.54) is 17.5 Å². The summed E-state index contributed by atoms with van der Waals surface area (Å²) in [7, 11) is 2.03. The number of nitrogens with one attached hydrogen (secondary N) is 1. The van der Waals surface area contributed by atoms with Crippen molar-refractivity contribution in [3.05, 3.63) is 42.2 Å². The molecule has 0 aromatic carbocycles. The summed E-state index contributed by atoms with van der Waals surface area (Å²) in [5.74, 6) is 0. The van der Waals surface area contributed by atoms with Crippen LogP contribution in [0.2, 0.25) is 0 Å². The molecule has 0 bridgehead atoms. The van der Waals surface area contributed by atoms with Gasteiger partial charge in [0.1, 0.15) is 0 Å². The van der Waals surface area contributed by atoms with Crippen LogP contribution in [-0.2, 0) is 6.42 Å². The maximum atomic E-state index is 3.35. The van der Waals surface area contributed by atoms with Gasteiger partial charge in [-0.2, -0.15) is 0 Å². The molecule has 2 nitrogen and oxygen atoms in total. The smallest absolute Gasteiger partial charge is 0.0482 e. The zero-order valence-corrected chi connectivity index (χ0v) is 10.6. The van der Waals surface area contributed by atoms with Gasteiger partial charge < -0.3 is 9.72 Å². The molecule has 0 aliphatic rings. The molecule has 1 atom stereocenters. The Balaban J connectivity index is 0.00000128. The van der Waals surface area contributed by atoms with Crippen LogP contribution >= 0.6 is 12.4 Å². The van der Waals surface area contributed by atoms with Crippen molar-refractivity contribution in [3.63, 3.8) is 0 Å². The number of likely N-dealkylation sites (N-methyl/N-ethyl adjacent to an activating group) is 1. The number of hydrogen-bond acceptors (Lipinski definition) is 1. The van der Waals surface area contributed by atoms with Crippen molar-refractivity contribution in [2.75, 3.05) is 7.05 Å². The van der Waals surface area contributed by atoms with Crippen molar-refractivity contribution in [1.29, 1.82) is 0 Å². The van der Waals surface area contributed by atoms with Gasteiger partial charge in [0.05, 0.1) is 0 Å². The minimum absolute atomic E-state index is 0. The number of rotatable bonds is 4. The highest BCUT2D eigenvalue weighted by molar-refractivity contribution is 5.85. The van der Waals surface area contributed by atoms with Gasteiger partial charge in [0.2, 0.25) is 0 Å². The second-order valence-corrected chi connectivity index (χ2v) is 3.93. The highest BCUT2D eigenvalue weighted by atomic mass is 35.5. The third-order valence-electron chi connectivity index (χ3n) is 3.02. The van der Waals surface area contributed by atoms with Gasteiger partial charge in [0, 0.05) is 24.0 Å². The summed E-state index contributed by atoms with van der Waals surface area (Å²) in [5.41, 5.74) is 2.75. The minimum atomic E-state index is 0. The predicted molar refractivity (Wildman–Crippen MR) is 71.5 cm³/mol. The molecule has 88 valence electrons. The average Bonchev–Trinajstić information content (AvgIpc) is 2.69. The topological polar surface area (TPSA) is 16.4 Å². The number of nitrogens with zero attached hydrogens (tertiary/aromatic N) is 1. The van der Waals surface area contributed by atoms with Gasteiger partial charge in [-0.05, 0) is 43.7 Å². The summed E-state index contributed by atoms with van der Waals surface area (Å²) in [5, 5.41) is 3.35. The number of aromatic nitrogens is 1. The SMILES string of the molecule is CCC(Cc1ccn2ccccc12)NC.Cl. The first-order chi connectivity index (χ1) is 7.35. The molecule has 0 fully saturated rings. The van der Waals surface area contributed by atoms with Crippen LogP contribution in [0.5, 0.6) is 0 Å². The van der Waals surface area contributed by atoms with Crippen LogP contribution in [-0.4, -0.2) is 17.5 Å². The lowest BCUT2D eigenvalue weighted by Gasteiger charge is -2.12. The number of halogens is 1. The molecule has 16 heavy (non-hydrogen) atoms. The zero-order chi connectivity index (χ0) is 10.7. The zero-order valence-electron chi connectivity index (χ0n) is 9.81. The maximum absolute atomic E-state index is 3.35. The average molecular weight is 239 g/mol. The quantitative estimate of drug-likeness (QED) is 0.867. The van der Waals surface area contributed by atoms with E-state index in [0.29, 0.717) is 6.04 Å². The van der Waals surface area contributed by atoms with Crippen LogP contribution in [0.3, 0.4) is 0 Å². The first kappa shape index (κ1) is 13.1. The summed E-state index contributed by atoms with van der Waals surface area (Å²) in [6, 6.07) is 9.13. The van der Waals surface area contributed by atoms with E-state index in [4.69, 9.17) is 0 Å². The monoisotopic (exact) mass is 238 g/mol. The van der Waals surface area contributed by atoms with E-state index < -0.39 is 0 Å². The number of fused-ring (bicyclic) bond motifs is 1. The third kappa shape index (κ3) is 2.57. The lowest BCUT2D eigenvalue weighted by molar-refractivity contribution is 0.545. The van der Waals surface area contributed by atoms with Crippen molar-refractivity contribution in [2.45, 2.75) is 25.8 Å². The maximum Gasteiger partial charge on any atom is 0.0482 e. The standard InChI is InChI=1S/C13H18N2.ClH/c1-3-12(14-2)10-11-7-9-15-8-5-4-6-13(11)15;/h4-9,12,14H,3,10H2,1-2H3;1H. The Morgan fingerprint density at radius 3 is 2.75 bits per heavy atom. The van der Waals surface area contributed by atoms with Gasteiger partial charge in [-0.1, -0.05) is 13.0 Å². The molecule has 1 N–H and O–H groups in total. The van der Waals surface area contributed by atoms with Gasteiger partial charge >= 0.3 is 0 Å². The molecule has 0 saturated heterocycles. The van der Waals surface area contributed by atoms with Crippen molar-refractivity contribution in [3.8, 4) is 0 Å². The number of hydrogen-bond donors (Lipinski definition) is 1. The molecule has 2 heterocycles. The molecule has 2 aromatic heterocycles. The van der Waals surface area contributed by atoms with Crippen LogP contribution in [0, 0.1) is 0 Å². The van der Waals surface area contributed by atoms with Crippen LogP contribution in [0.4, 0.5) is 0 Å². The Hall–Kier alpha value is -0.990. The summed E-state index contributed by atoms with van der Waals surface area (Å²) in [6.07, 6.45) is 6.50. The van der Waals surface area contributed by atoms with E-state index in [-0.39, 0.29) is 12.4 Å². The molecule has 2 rings (SSSR count). The molecule has 0 spiro atoms. The molecular weight excluding hydrogens is 220 g/mol. The Kier molecular flexibility index (Phi) is 4.84. The molecule has 0 radical (unpaired) electrons. The van der Waals surface area contributed by atoms with Crippen molar-refractivity contribution >= 4 is 17.9 Å². The molecule has 0 saturated carbocycles. The fourth-order valence-electron chi connectivity index (χ4n) is 2.00. The van der Waals surface area contributed by atoms with E-state index in [9.17, 15) is 0 Å². The van der Waals surface area contributed by atoms with E-state index >= 15 is 0 Å². The molecule has 3 heteroatoms. The van der Waals surface area contributed by atoms with Crippen LogP contribution < -0.4 is 5.32 Å². The Morgan fingerprint density at radius 2 is 2.06 bits per heavy atom. The summed E-state index contributed by atoms with van der Waals surface area (Å²) in [6.45, 7) is 2.22. The third-order valence-corrected chi connectivity index (χ3v) is 3.02. The number of pyridine rings is 1. The van der Waals surface area contributed by atoms with Gasteiger partial charge in [-0.15, -0.1) is 12.4 Å². The lowest BCUT2D eigenvalue weighted by Crippen LogP contribution is -2.26. The Bertz CT molecular complexity index is 432. The van der Waals surface area contributed by atoms with Crippen molar-refractivity contribution in [1.82, 2.24) is 9.72 Å². The van der Waals surface area contributed by atoms with Gasteiger partial charge in [0.15, 0.2) is 0 Å². The predicted octanol–water partition coefficient (Wildman–Crippen LogP) is 2.90. The van der Waals surface area contributed by atoms with Gasteiger partial charge in [0.25, 0.3) is 0 Å². The van der Waals surface area contributed by atoms with E-state index in [1.54, 1.807) is 0 Å². The molecule has 0 aliphatic heterocycles. The molecule has 0 amide bonds. The Morgan fingerprint density at radius 1 is 1.25 bits per heavy atom. The van der Waals surface area contributed by atoms with E-state index in [1.807, 2.05) is 7.05 Å². The molecular formula is C13H19ClN2. The highest BCUT2D eigenvalue weighted by Gasteiger charge is 2.07. The first-order valence-electron chi connectivity index (χ1n) is 5.57. The second-order valence-electron chi connectivity index (χ2n) is 3.93. The fourth-order valence-corrected chi connectivity index (χ4v) is 2.00.